The number of nitrogens with zero attached hydrogens (tertiary/aromatic N) is 1. The molecular formula is C21H23ClN4O4S. The molecule has 3 N–H and O–H groups in total. The van der Waals surface area contributed by atoms with Gasteiger partial charge in [-0.3, -0.25) is 14.5 Å². The fourth-order valence-electron chi connectivity index (χ4n) is 3.61. The summed E-state index contributed by atoms with van der Waals surface area (Å²) in [5.41, 5.74) is 1.35. The van der Waals surface area contributed by atoms with E-state index >= 15 is 0 Å². The average Bonchev–Trinajstić information content (AvgIpc) is 3.38. The van der Waals surface area contributed by atoms with Gasteiger partial charge in [0.2, 0.25) is 5.91 Å². The van der Waals surface area contributed by atoms with Crippen molar-refractivity contribution in [1.82, 2.24) is 10.6 Å². The van der Waals surface area contributed by atoms with Gasteiger partial charge in [0.15, 0.2) is 0 Å². The summed E-state index contributed by atoms with van der Waals surface area (Å²) in [6.45, 7) is 2.18. The number of nitrogens with one attached hydrogen (secondary N) is 3. The summed E-state index contributed by atoms with van der Waals surface area (Å²) in [6.07, 6.45) is 0.957. The predicted octanol–water partition coefficient (Wildman–Crippen LogP) is 3.09. The summed E-state index contributed by atoms with van der Waals surface area (Å²) < 4.78 is 5.91. The van der Waals surface area contributed by atoms with E-state index in [4.69, 9.17) is 16.3 Å². The predicted molar refractivity (Wildman–Crippen MR) is 120 cm³/mol. The van der Waals surface area contributed by atoms with Crippen molar-refractivity contribution in [1.29, 1.82) is 0 Å². The van der Waals surface area contributed by atoms with Crippen LogP contribution in [-0.4, -0.2) is 50.2 Å². The van der Waals surface area contributed by atoms with Crippen LogP contribution < -0.4 is 20.9 Å². The van der Waals surface area contributed by atoms with Crippen molar-refractivity contribution in [3.8, 4) is 0 Å². The van der Waals surface area contributed by atoms with E-state index in [0.29, 0.717) is 33.7 Å². The van der Waals surface area contributed by atoms with Crippen LogP contribution in [0.2, 0.25) is 4.34 Å². The van der Waals surface area contributed by atoms with Gasteiger partial charge in [-0.1, -0.05) is 11.6 Å². The molecule has 2 aromatic rings. The van der Waals surface area contributed by atoms with Crippen LogP contribution in [0.25, 0.3) is 0 Å². The second kappa shape index (κ2) is 9.67. The van der Waals surface area contributed by atoms with Gasteiger partial charge in [0.25, 0.3) is 5.91 Å². The van der Waals surface area contributed by atoms with Gasteiger partial charge < -0.3 is 20.7 Å². The molecule has 1 aromatic heterocycles. The van der Waals surface area contributed by atoms with Crippen LogP contribution in [0.3, 0.4) is 0 Å². The Kier molecular flexibility index (Phi) is 6.74. The Morgan fingerprint density at radius 2 is 2.03 bits per heavy atom. The highest BCUT2D eigenvalue weighted by molar-refractivity contribution is 7.18. The van der Waals surface area contributed by atoms with Crippen molar-refractivity contribution < 1.29 is 19.1 Å². The summed E-state index contributed by atoms with van der Waals surface area (Å²) in [4.78, 5) is 38.8. The van der Waals surface area contributed by atoms with E-state index in [2.05, 4.69) is 16.0 Å². The van der Waals surface area contributed by atoms with E-state index in [1.165, 1.54) is 16.2 Å². The summed E-state index contributed by atoms with van der Waals surface area (Å²) in [7, 11) is 0. The topological polar surface area (TPSA) is 99.8 Å². The molecule has 2 atom stereocenters. The Morgan fingerprint density at radius 1 is 1.23 bits per heavy atom. The number of hydrogen-bond donors (Lipinski definition) is 3. The Bertz CT molecular complexity index is 959. The van der Waals surface area contributed by atoms with E-state index in [1.54, 1.807) is 36.4 Å². The first-order chi connectivity index (χ1) is 15.0. The maximum atomic E-state index is 12.4. The van der Waals surface area contributed by atoms with E-state index in [-0.39, 0.29) is 24.3 Å². The van der Waals surface area contributed by atoms with Gasteiger partial charge in [-0.2, -0.15) is 0 Å². The van der Waals surface area contributed by atoms with Gasteiger partial charge in [-0.05, 0) is 55.8 Å². The van der Waals surface area contributed by atoms with Gasteiger partial charge >= 0.3 is 6.09 Å². The van der Waals surface area contributed by atoms with Gasteiger partial charge in [0, 0.05) is 17.9 Å². The molecule has 2 saturated heterocycles. The zero-order valence-electron chi connectivity index (χ0n) is 16.7. The lowest BCUT2D eigenvalue weighted by molar-refractivity contribution is -0.120. The lowest BCUT2D eigenvalue weighted by Crippen LogP contribution is -2.37. The summed E-state index contributed by atoms with van der Waals surface area (Å²) >= 11 is 7.05. The van der Waals surface area contributed by atoms with Crippen LogP contribution in [0.5, 0.6) is 0 Å². The molecule has 10 heteroatoms. The van der Waals surface area contributed by atoms with E-state index in [0.717, 1.165) is 19.4 Å². The number of carbonyl (C=O) groups is 3. The summed E-state index contributed by atoms with van der Waals surface area (Å²) in [6, 6.07) is 10.4. The number of ether oxygens (including phenoxy) is 1. The van der Waals surface area contributed by atoms with Gasteiger partial charge in [0.05, 0.1) is 28.2 Å². The minimum atomic E-state index is -0.469. The highest BCUT2D eigenvalue weighted by atomic mass is 35.5. The molecule has 4 rings (SSSR count). The minimum Gasteiger partial charge on any atom is -0.442 e. The number of cyclic esters (lactones) is 1. The number of benzene rings is 1. The second-order valence-electron chi connectivity index (χ2n) is 7.51. The molecule has 2 fully saturated rings. The highest BCUT2D eigenvalue weighted by Gasteiger charge is 2.32. The number of anilines is 2. The normalized spacial score (nSPS) is 20.9. The van der Waals surface area contributed by atoms with E-state index < -0.39 is 12.2 Å². The maximum Gasteiger partial charge on any atom is 0.414 e. The quantitative estimate of drug-likeness (QED) is 0.612. The zero-order valence-corrected chi connectivity index (χ0v) is 18.3. The third-order valence-electron chi connectivity index (χ3n) is 5.28. The molecule has 2 aliphatic rings. The Morgan fingerprint density at radius 3 is 2.71 bits per heavy atom. The maximum absolute atomic E-state index is 12.4. The summed E-state index contributed by atoms with van der Waals surface area (Å²) in [5, 5.41) is 8.93. The first-order valence-corrected chi connectivity index (χ1v) is 11.3. The Balaban J connectivity index is 1.29. The van der Waals surface area contributed by atoms with Crippen molar-refractivity contribution in [3.63, 3.8) is 0 Å². The zero-order chi connectivity index (χ0) is 21.8. The molecule has 1 aromatic carbocycles. The molecule has 31 heavy (non-hydrogen) atoms. The SMILES string of the molecule is O=C(NCC1CN(c2ccc(NC(=O)C3CCCNC3)cc2)C(=O)O1)c1ccc(Cl)s1. The monoisotopic (exact) mass is 462 g/mol. The van der Waals surface area contributed by atoms with Crippen LogP contribution in [0.4, 0.5) is 16.2 Å². The largest absolute Gasteiger partial charge is 0.442 e. The van der Waals surface area contributed by atoms with Crippen LogP contribution >= 0.6 is 22.9 Å². The minimum absolute atomic E-state index is 0.00312. The fraction of sp³-hybridized carbons (Fsp3) is 0.381. The van der Waals surface area contributed by atoms with Crippen LogP contribution in [-0.2, 0) is 9.53 Å². The molecule has 0 bridgehead atoms. The third-order valence-corrected chi connectivity index (χ3v) is 6.51. The lowest BCUT2D eigenvalue weighted by atomic mass is 9.99. The number of halogens is 1. The molecule has 3 heterocycles. The smallest absolute Gasteiger partial charge is 0.414 e. The second-order valence-corrected chi connectivity index (χ2v) is 9.22. The first-order valence-electron chi connectivity index (χ1n) is 10.1. The lowest BCUT2D eigenvalue weighted by Gasteiger charge is -2.22. The van der Waals surface area contributed by atoms with Crippen molar-refractivity contribution in [2.75, 3.05) is 36.4 Å². The number of rotatable bonds is 6. The molecule has 2 unspecified atom stereocenters. The van der Waals surface area contributed by atoms with E-state index in [1.807, 2.05) is 0 Å². The molecule has 0 radical (unpaired) electrons. The highest BCUT2D eigenvalue weighted by Crippen LogP contribution is 2.25. The van der Waals surface area contributed by atoms with Crippen molar-refractivity contribution in [3.05, 3.63) is 45.6 Å². The summed E-state index contributed by atoms with van der Waals surface area (Å²) in [5.74, 6) is -0.272. The molecule has 8 nitrogen and oxygen atoms in total. The molecule has 0 aliphatic carbocycles. The van der Waals surface area contributed by atoms with Crippen molar-refractivity contribution in [2.24, 2.45) is 5.92 Å². The standard InChI is InChI=1S/C21H23ClN4O4S/c22-18-8-7-17(31-18)20(28)24-11-16-12-26(21(29)30-16)15-5-3-14(4-6-15)25-19(27)13-2-1-9-23-10-13/h3-8,13,16,23H,1-2,9-12H2,(H,24,28)(H,25,27). The number of carbonyl (C=O) groups excluding carboxylic acids is 3. The van der Waals surface area contributed by atoms with E-state index in [9.17, 15) is 14.4 Å². The van der Waals surface area contributed by atoms with Crippen molar-refractivity contribution in [2.45, 2.75) is 18.9 Å². The van der Waals surface area contributed by atoms with Crippen LogP contribution in [0, 0.1) is 5.92 Å². The first kappa shape index (κ1) is 21.6. The third kappa shape index (κ3) is 5.36. The molecule has 164 valence electrons. The molecule has 2 aliphatic heterocycles. The average molecular weight is 463 g/mol. The molecule has 0 spiro atoms. The number of thiophene rings is 1. The Hall–Kier alpha value is -2.62. The molecule has 0 saturated carbocycles. The van der Waals surface area contributed by atoms with Crippen LogP contribution in [0.1, 0.15) is 22.5 Å². The fourth-order valence-corrected chi connectivity index (χ4v) is 4.57. The number of amides is 3. The molecular weight excluding hydrogens is 440 g/mol. The number of piperidine rings is 1. The van der Waals surface area contributed by atoms with Crippen LogP contribution in [0.15, 0.2) is 36.4 Å². The Labute approximate surface area is 188 Å². The van der Waals surface area contributed by atoms with Gasteiger partial charge in [-0.25, -0.2) is 4.79 Å². The molecule has 3 amide bonds. The number of hydrogen-bond acceptors (Lipinski definition) is 6. The van der Waals surface area contributed by atoms with Gasteiger partial charge in [0.1, 0.15) is 6.10 Å². The van der Waals surface area contributed by atoms with Gasteiger partial charge in [-0.15, -0.1) is 11.3 Å². The van der Waals surface area contributed by atoms with Crippen molar-refractivity contribution >= 4 is 52.2 Å².